The molecule has 0 saturated heterocycles. The van der Waals surface area contributed by atoms with E-state index in [1.54, 1.807) is 30.3 Å². The molecule has 0 bridgehead atoms. The number of ether oxygens (including phenoxy) is 3. The number of benzene rings is 2. The summed E-state index contributed by atoms with van der Waals surface area (Å²) < 4.78 is 15.2. The summed E-state index contributed by atoms with van der Waals surface area (Å²) in [4.78, 5) is 23.8. The summed E-state index contributed by atoms with van der Waals surface area (Å²) in [7, 11) is 2.96. The van der Waals surface area contributed by atoms with Crippen molar-refractivity contribution < 1.29 is 23.8 Å². The summed E-state index contributed by atoms with van der Waals surface area (Å²) in [6.45, 7) is -0.417. The second-order valence-corrected chi connectivity index (χ2v) is 5.14. The molecule has 2 aromatic rings. The first-order valence-corrected chi connectivity index (χ1v) is 7.36. The van der Waals surface area contributed by atoms with Crippen LogP contribution in [0, 0.1) is 0 Å². The van der Waals surface area contributed by atoms with Gasteiger partial charge in [0.1, 0.15) is 0 Å². The zero-order chi connectivity index (χ0) is 17.5. The van der Waals surface area contributed by atoms with Crippen molar-refractivity contribution in [3.8, 4) is 11.5 Å². The molecule has 1 amide bonds. The van der Waals surface area contributed by atoms with E-state index in [0.717, 1.165) is 0 Å². The molecular weight excluding hydrogens is 334 g/mol. The first kappa shape index (κ1) is 17.6. The molecule has 126 valence electrons. The predicted molar refractivity (Wildman–Crippen MR) is 89.9 cm³/mol. The van der Waals surface area contributed by atoms with Gasteiger partial charge in [-0.05, 0) is 36.4 Å². The topological polar surface area (TPSA) is 73.9 Å². The maximum absolute atomic E-state index is 12.0. The highest BCUT2D eigenvalue weighted by molar-refractivity contribution is 6.30. The fraction of sp³-hybridized carbons (Fsp3) is 0.176. The van der Waals surface area contributed by atoms with Gasteiger partial charge in [0.05, 0.1) is 19.8 Å². The fourth-order valence-corrected chi connectivity index (χ4v) is 2.13. The molecular formula is C17H16ClNO5. The summed E-state index contributed by atoms with van der Waals surface area (Å²) in [5.74, 6) is -0.216. The maximum atomic E-state index is 12.0. The van der Waals surface area contributed by atoms with Crippen LogP contribution in [-0.4, -0.2) is 32.7 Å². The van der Waals surface area contributed by atoms with E-state index < -0.39 is 18.5 Å². The molecule has 6 nitrogen and oxygen atoms in total. The third kappa shape index (κ3) is 4.63. The van der Waals surface area contributed by atoms with Gasteiger partial charge in [0.25, 0.3) is 5.91 Å². The number of esters is 1. The van der Waals surface area contributed by atoms with Crippen LogP contribution in [0.2, 0.25) is 5.02 Å². The highest BCUT2D eigenvalue weighted by atomic mass is 35.5. The number of nitrogens with one attached hydrogen (secondary N) is 1. The lowest BCUT2D eigenvalue weighted by atomic mass is 10.2. The Morgan fingerprint density at radius 2 is 1.79 bits per heavy atom. The average Bonchev–Trinajstić information content (AvgIpc) is 2.59. The number of carbonyl (C=O) groups is 2. The molecule has 0 saturated carbocycles. The number of methoxy groups -OCH3 is 2. The normalized spacial score (nSPS) is 9.96. The van der Waals surface area contributed by atoms with Crippen LogP contribution in [0.3, 0.4) is 0 Å². The largest absolute Gasteiger partial charge is 0.493 e. The molecule has 7 heteroatoms. The van der Waals surface area contributed by atoms with E-state index in [1.807, 2.05) is 0 Å². The van der Waals surface area contributed by atoms with E-state index >= 15 is 0 Å². The van der Waals surface area contributed by atoms with Gasteiger partial charge in [0, 0.05) is 10.7 Å². The van der Waals surface area contributed by atoms with Crippen LogP contribution in [0.1, 0.15) is 10.4 Å². The summed E-state index contributed by atoms with van der Waals surface area (Å²) in [5.41, 5.74) is 0.776. The smallest absolute Gasteiger partial charge is 0.338 e. The summed E-state index contributed by atoms with van der Waals surface area (Å²) in [6.07, 6.45) is 0. The highest BCUT2D eigenvalue weighted by Gasteiger charge is 2.13. The minimum atomic E-state index is -0.641. The van der Waals surface area contributed by atoms with Crippen molar-refractivity contribution in [3.05, 3.63) is 53.1 Å². The lowest BCUT2D eigenvalue weighted by Crippen LogP contribution is -2.20. The molecule has 2 rings (SSSR count). The van der Waals surface area contributed by atoms with Crippen LogP contribution in [0.4, 0.5) is 5.69 Å². The Balaban J connectivity index is 1.94. The fourth-order valence-electron chi connectivity index (χ4n) is 1.94. The SMILES string of the molecule is COc1ccc(C(=O)OCC(=O)Nc2cccc(Cl)c2)cc1OC. The van der Waals surface area contributed by atoms with Crippen molar-refractivity contribution in [2.45, 2.75) is 0 Å². The molecule has 0 radical (unpaired) electrons. The monoisotopic (exact) mass is 349 g/mol. The van der Waals surface area contributed by atoms with Crippen LogP contribution >= 0.6 is 11.6 Å². The van der Waals surface area contributed by atoms with Crippen LogP contribution in [0.5, 0.6) is 11.5 Å². The Morgan fingerprint density at radius 3 is 2.46 bits per heavy atom. The Labute approximate surface area is 144 Å². The number of hydrogen-bond donors (Lipinski definition) is 1. The highest BCUT2D eigenvalue weighted by Crippen LogP contribution is 2.27. The van der Waals surface area contributed by atoms with Crippen molar-refractivity contribution >= 4 is 29.2 Å². The molecule has 0 heterocycles. The lowest BCUT2D eigenvalue weighted by molar-refractivity contribution is -0.119. The average molecular weight is 350 g/mol. The first-order valence-electron chi connectivity index (χ1n) is 6.98. The Morgan fingerprint density at radius 1 is 1.04 bits per heavy atom. The Hall–Kier alpha value is -2.73. The van der Waals surface area contributed by atoms with Crippen molar-refractivity contribution in [2.24, 2.45) is 0 Å². The van der Waals surface area contributed by atoms with Crippen molar-refractivity contribution in [1.82, 2.24) is 0 Å². The van der Waals surface area contributed by atoms with Crippen LogP contribution in [-0.2, 0) is 9.53 Å². The predicted octanol–water partition coefficient (Wildman–Crippen LogP) is 3.15. The van der Waals surface area contributed by atoms with Gasteiger partial charge >= 0.3 is 5.97 Å². The van der Waals surface area contributed by atoms with Gasteiger partial charge in [0.15, 0.2) is 18.1 Å². The van der Waals surface area contributed by atoms with Gasteiger partial charge in [-0.2, -0.15) is 0 Å². The minimum Gasteiger partial charge on any atom is -0.493 e. The van der Waals surface area contributed by atoms with Gasteiger partial charge in [-0.25, -0.2) is 4.79 Å². The number of hydrogen-bond acceptors (Lipinski definition) is 5. The van der Waals surface area contributed by atoms with Crippen LogP contribution in [0.15, 0.2) is 42.5 Å². The van der Waals surface area contributed by atoms with Gasteiger partial charge in [-0.15, -0.1) is 0 Å². The molecule has 2 aromatic carbocycles. The van der Waals surface area contributed by atoms with Gasteiger partial charge < -0.3 is 19.5 Å². The maximum Gasteiger partial charge on any atom is 0.338 e. The van der Waals surface area contributed by atoms with Crippen molar-refractivity contribution in [3.63, 3.8) is 0 Å². The Kier molecular flexibility index (Phi) is 6.03. The summed E-state index contributed by atoms with van der Waals surface area (Å²) >= 11 is 5.83. The Bertz CT molecular complexity index is 748. The van der Waals surface area contributed by atoms with Crippen molar-refractivity contribution in [1.29, 1.82) is 0 Å². The van der Waals surface area contributed by atoms with Gasteiger partial charge in [-0.3, -0.25) is 4.79 Å². The van der Waals surface area contributed by atoms with Crippen molar-refractivity contribution in [2.75, 3.05) is 26.1 Å². The third-order valence-electron chi connectivity index (χ3n) is 3.06. The number of rotatable bonds is 6. The second kappa shape index (κ2) is 8.21. The van der Waals surface area contributed by atoms with E-state index in [0.29, 0.717) is 22.2 Å². The molecule has 0 atom stereocenters. The number of halogens is 1. The van der Waals surface area contributed by atoms with E-state index in [-0.39, 0.29) is 5.56 Å². The van der Waals surface area contributed by atoms with E-state index in [9.17, 15) is 9.59 Å². The summed E-state index contributed by atoms with van der Waals surface area (Å²) in [5, 5.41) is 3.08. The van der Waals surface area contributed by atoms with Gasteiger partial charge in [0.2, 0.25) is 0 Å². The lowest BCUT2D eigenvalue weighted by Gasteiger charge is -2.10. The molecule has 0 aliphatic carbocycles. The molecule has 0 aliphatic heterocycles. The van der Waals surface area contributed by atoms with E-state index in [4.69, 9.17) is 25.8 Å². The molecule has 0 unspecified atom stereocenters. The van der Waals surface area contributed by atoms with E-state index in [1.165, 1.54) is 26.4 Å². The third-order valence-corrected chi connectivity index (χ3v) is 3.30. The molecule has 0 spiro atoms. The standard InChI is InChI=1S/C17H16ClNO5/c1-22-14-7-6-11(8-15(14)23-2)17(21)24-10-16(20)19-13-5-3-4-12(18)9-13/h3-9H,10H2,1-2H3,(H,19,20). The molecule has 0 aliphatic rings. The zero-order valence-electron chi connectivity index (χ0n) is 13.2. The molecule has 0 aromatic heterocycles. The zero-order valence-corrected chi connectivity index (χ0v) is 13.9. The summed E-state index contributed by atoms with van der Waals surface area (Å²) in [6, 6.07) is 11.3. The van der Waals surface area contributed by atoms with Crippen LogP contribution in [0.25, 0.3) is 0 Å². The molecule has 24 heavy (non-hydrogen) atoms. The second-order valence-electron chi connectivity index (χ2n) is 4.70. The minimum absolute atomic E-state index is 0.253. The quantitative estimate of drug-likeness (QED) is 0.811. The first-order chi connectivity index (χ1) is 11.5. The number of anilines is 1. The molecule has 1 N–H and O–H groups in total. The number of amides is 1. The van der Waals surface area contributed by atoms with E-state index in [2.05, 4.69) is 5.32 Å². The molecule has 0 fully saturated rings. The number of carbonyl (C=O) groups excluding carboxylic acids is 2. The van der Waals surface area contributed by atoms with Gasteiger partial charge in [-0.1, -0.05) is 17.7 Å². The van der Waals surface area contributed by atoms with Crippen LogP contribution < -0.4 is 14.8 Å².